The molecule has 0 bridgehead atoms. The van der Waals surface area contributed by atoms with Crippen LogP contribution in [0.1, 0.15) is 30.7 Å². The Morgan fingerprint density at radius 2 is 2.06 bits per heavy atom. The van der Waals surface area contributed by atoms with Gasteiger partial charge in [0.2, 0.25) is 0 Å². The fourth-order valence-corrected chi connectivity index (χ4v) is 1.81. The van der Waals surface area contributed by atoms with E-state index < -0.39 is 0 Å². The molecule has 0 saturated carbocycles. The van der Waals surface area contributed by atoms with E-state index in [1.165, 1.54) is 0 Å². The average molecular weight is 252 g/mol. The maximum Gasteiger partial charge on any atom is 0.128 e. The number of aromatic nitrogens is 1. The van der Waals surface area contributed by atoms with Crippen molar-refractivity contribution < 1.29 is 9.47 Å². The van der Waals surface area contributed by atoms with Crippen molar-refractivity contribution in [1.29, 1.82) is 0 Å². The van der Waals surface area contributed by atoms with Crippen LogP contribution in [-0.2, 0) is 11.3 Å². The molecule has 1 heterocycles. The molecule has 4 heteroatoms. The van der Waals surface area contributed by atoms with Crippen molar-refractivity contribution in [2.75, 3.05) is 20.3 Å². The predicted molar refractivity (Wildman–Crippen MR) is 73.1 cm³/mol. The zero-order valence-electron chi connectivity index (χ0n) is 12.0. The van der Waals surface area contributed by atoms with Crippen molar-refractivity contribution in [3.8, 4) is 5.75 Å². The van der Waals surface area contributed by atoms with Gasteiger partial charge in [-0.25, -0.2) is 0 Å². The Kier molecular flexibility index (Phi) is 6.09. The van der Waals surface area contributed by atoms with Crippen molar-refractivity contribution in [3.05, 3.63) is 23.0 Å². The van der Waals surface area contributed by atoms with E-state index in [0.29, 0.717) is 19.3 Å². The lowest BCUT2D eigenvalue weighted by Crippen LogP contribution is -2.26. The number of aryl methyl sites for hydroxylation is 1. The Balaban J connectivity index is 2.48. The number of pyridine rings is 1. The third kappa shape index (κ3) is 4.27. The number of nitrogens with one attached hydrogen (secondary N) is 1. The molecule has 102 valence electrons. The van der Waals surface area contributed by atoms with Gasteiger partial charge in [-0.2, -0.15) is 0 Å². The van der Waals surface area contributed by atoms with Crippen LogP contribution in [0.4, 0.5) is 0 Å². The first-order valence-corrected chi connectivity index (χ1v) is 6.36. The lowest BCUT2D eigenvalue weighted by Gasteiger charge is -2.13. The molecule has 0 spiro atoms. The first-order valence-electron chi connectivity index (χ1n) is 6.36. The summed E-state index contributed by atoms with van der Waals surface area (Å²) in [5.41, 5.74) is 3.07. The molecule has 1 rings (SSSR count). The highest BCUT2D eigenvalue weighted by Gasteiger charge is 2.09. The Morgan fingerprint density at radius 3 is 2.67 bits per heavy atom. The van der Waals surface area contributed by atoms with E-state index in [-0.39, 0.29) is 0 Å². The number of ether oxygens (including phenoxy) is 2. The molecule has 0 amide bonds. The molecule has 0 fully saturated rings. The molecular formula is C14H24N2O2. The topological polar surface area (TPSA) is 43.4 Å². The summed E-state index contributed by atoms with van der Waals surface area (Å²) in [4.78, 5) is 4.39. The van der Waals surface area contributed by atoms with Gasteiger partial charge in [0.1, 0.15) is 5.75 Å². The number of methoxy groups -OCH3 is 1. The number of rotatable bonds is 7. The third-order valence-electron chi connectivity index (χ3n) is 2.79. The second-order valence-electron chi connectivity index (χ2n) is 4.71. The van der Waals surface area contributed by atoms with Crippen molar-refractivity contribution in [1.82, 2.24) is 10.3 Å². The highest BCUT2D eigenvalue weighted by atomic mass is 16.5. The fraction of sp³-hybridized carbons (Fsp3) is 0.643. The quantitative estimate of drug-likeness (QED) is 0.756. The summed E-state index contributed by atoms with van der Waals surface area (Å²) in [5, 5.41) is 3.31. The summed E-state index contributed by atoms with van der Waals surface area (Å²) in [5.74, 6) is 0.906. The Morgan fingerprint density at radius 1 is 1.33 bits per heavy atom. The molecule has 1 aromatic rings. The number of nitrogens with zero attached hydrogens (tertiary/aromatic N) is 1. The Labute approximate surface area is 110 Å². The molecule has 0 saturated heterocycles. The highest BCUT2D eigenvalue weighted by Crippen LogP contribution is 2.24. The SMILES string of the molecule is COc1c(C)cnc(COCCNC(C)C)c1C. The van der Waals surface area contributed by atoms with E-state index in [0.717, 1.165) is 29.1 Å². The zero-order valence-corrected chi connectivity index (χ0v) is 12.0. The molecule has 0 aliphatic rings. The van der Waals surface area contributed by atoms with Gasteiger partial charge in [0.05, 0.1) is 26.0 Å². The second kappa shape index (κ2) is 7.34. The van der Waals surface area contributed by atoms with Gasteiger partial charge in [0, 0.05) is 29.9 Å². The zero-order chi connectivity index (χ0) is 13.5. The lowest BCUT2D eigenvalue weighted by atomic mass is 10.1. The highest BCUT2D eigenvalue weighted by molar-refractivity contribution is 5.40. The molecular weight excluding hydrogens is 228 g/mol. The summed E-state index contributed by atoms with van der Waals surface area (Å²) in [7, 11) is 1.69. The molecule has 0 aromatic carbocycles. The van der Waals surface area contributed by atoms with Gasteiger partial charge < -0.3 is 14.8 Å². The van der Waals surface area contributed by atoms with Crippen LogP contribution >= 0.6 is 0 Å². The van der Waals surface area contributed by atoms with Crippen molar-refractivity contribution in [3.63, 3.8) is 0 Å². The number of hydrogen-bond acceptors (Lipinski definition) is 4. The first kappa shape index (κ1) is 14.9. The van der Waals surface area contributed by atoms with Crippen LogP contribution in [0.3, 0.4) is 0 Å². The van der Waals surface area contributed by atoms with Crippen LogP contribution < -0.4 is 10.1 Å². The normalized spacial score (nSPS) is 11.0. The maximum atomic E-state index is 5.61. The summed E-state index contributed by atoms with van der Waals surface area (Å²) >= 11 is 0. The molecule has 0 aliphatic heterocycles. The third-order valence-corrected chi connectivity index (χ3v) is 2.79. The van der Waals surface area contributed by atoms with Gasteiger partial charge in [-0.1, -0.05) is 13.8 Å². The molecule has 0 aliphatic carbocycles. The van der Waals surface area contributed by atoms with Gasteiger partial charge >= 0.3 is 0 Å². The van der Waals surface area contributed by atoms with E-state index in [4.69, 9.17) is 9.47 Å². The molecule has 0 atom stereocenters. The minimum Gasteiger partial charge on any atom is -0.496 e. The predicted octanol–water partition coefficient (Wildman–Crippen LogP) is 2.22. The van der Waals surface area contributed by atoms with Crippen LogP contribution in [0.15, 0.2) is 6.20 Å². The van der Waals surface area contributed by atoms with Gasteiger partial charge in [-0.3, -0.25) is 4.98 Å². The van der Waals surface area contributed by atoms with Crippen molar-refractivity contribution in [2.24, 2.45) is 0 Å². The summed E-state index contributed by atoms with van der Waals surface area (Å²) in [6.07, 6.45) is 1.83. The lowest BCUT2D eigenvalue weighted by molar-refractivity contribution is 0.118. The van der Waals surface area contributed by atoms with E-state index in [1.54, 1.807) is 7.11 Å². The van der Waals surface area contributed by atoms with Crippen LogP contribution in [0.2, 0.25) is 0 Å². The molecule has 4 nitrogen and oxygen atoms in total. The smallest absolute Gasteiger partial charge is 0.128 e. The average Bonchev–Trinajstić information content (AvgIpc) is 2.31. The monoisotopic (exact) mass is 252 g/mol. The van der Waals surface area contributed by atoms with Crippen LogP contribution in [0, 0.1) is 13.8 Å². The largest absolute Gasteiger partial charge is 0.496 e. The first-order chi connectivity index (χ1) is 8.56. The van der Waals surface area contributed by atoms with E-state index in [1.807, 2.05) is 20.0 Å². The second-order valence-corrected chi connectivity index (χ2v) is 4.71. The Bertz CT molecular complexity index is 378. The molecule has 0 radical (unpaired) electrons. The Hall–Kier alpha value is -1.13. The molecule has 1 N–H and O–H groups in total. The summed E-state index contributed by atoms with van der Waals surface area (Å²) in [6.45, 7) is 10.3. The molecule has 0 unspecified atom stereocenters. The minimum atomic E-state index is 0.493. The number of hydrogen-bond donors (Lipinski definition) is 1. The summed E-state index contributed by atoms with van der Waals surface area (Å²) in [6, 6.07) is 0.493. The fourth-order valence-electron chi connectivity index (χ4n) is 1.81. The molecule has 18 heavy (non-hydrogen) atoms. The van der Waals surface area contributed by atoms with Crippen molar-refractivity contribution in [2.45, 2.75) is 40.3 Å². The van der Waals surface area contributed by atoms with E-state index in [9.17, 15) is 0 Å². The van der Waals surface area contributed by atoms with Crippen LogP contribution in [0.25, 0.3) is 0 Å². The standard InChI is InChI=1S/C14H24N2O2/c1-10(2)15-6-7-18-9-13-12(4)14(17-5)11(3)8-16-13/h8,10,15H,6-7,9H2,1-5H3. The van der Waals surface area contributed by atoms with Crippen molar-refractivity contribution >= 4 is 0 Å². The van der Waals surface area contributed by atoms with Gasteiger partial charge in [0.25, 0.3) is 0 Å². The van der Waals surface area contributed by atoms with E-state index >= 15 is 0 Å². The van der Waals surface area contributed by atoms with E-state index in [2.05, 4.69) is 24.1 Å². The van der Waals surface area contributed by atoms with Crippen LogP contribution in [0.5, 0.6) is 5.75 Å². The van der Waals surface area contributed by atoms with Gasteiger partial charge in [0.15, 0.2) is 0 Å². The minimum absolute atomic E-state index is 0.493. The molecule has 1 aromatic heterocycles. The van der Waals surface area contributed by atoms with Gasteiger partial charge in [-0.05, 0) is 13.8 Å². The van der Waals surface area contributed by atoms with Gasteiger partial charge in [-0.15, -0.1) is 0 Å². The summed E-state index contributed by atoms with van der Waals surface area (Å²) < 4.78 is 11.0. The maximum absolute atomic E-state index is 5.61. The van der Waals surface area contributed by atoms with Crippen LogP contribution in [-0.4, -0.2) is 31.3 Å².